The Morgan fingerprint density at radius 3 is 2.76 bits per heavy atom. The fourth-order valence-corrected chi connectivity index (χ4v) is 2.35. The Morgan fingerprint density at radius 2 is 2.10 bits per heavy atom. The summed E-state index contributed by atoms with van der Waals surface area (Å²) in [7, 11) is 0. The molecule has 0 radical (unpaired) electrons. The van der Waals surface area contributed by atoms with Gasteiger partial charge in [0.15, 0.2) is 5.78 Å². The summed E-state index contributed by atoms with van der Waals surface area (Å²) in [5.74, 6) is -1.81. The van der Waals surface area contributed by atoms with E-state index >= 15 is 0 Å². The first-order valence-electron chi connectivity index (χ1n) is 7.23. The Labute approximate surface area is 122 Å². The molecule has 1 heterocycles. The number of aromatic nitrogens is 4. The number of tetrazole rings is 1. The van der Waals surface area contributed by atoms with Crippen LogP contribution in [0.2, 0.25) is 0 Å². The molecule has 1 aromatic rings. The molecule has 0 saturated heterocycles. The van der Waals surface area contributed by atoms with E-state index in [-0.39, 0.29) is 30.9 Å². The zero-order valence-corrected chi connectivity index (χ0v) is 12.1. The maximum absolute atomic E-state index is 11.8. The molecule has 0 amide bonds. The lowest BCUT2D eigenvalue weighted by atomic mass is 9.98. The van der Waals surface area contributed by atoms with E-state index in [1.54, 1.807) is 6.92 Å². The minimum absolute atomic E-state index is 0.0878. The van der Waals surface area contributed by atoms with E-state index in [4.69, 9.17) is 9.84 Å². The van der Waals surface area contributed by atoms with Crippen LogP contribution in [-0.4, -0.2) is 43.2 Å². The van der Waals surface area contributed by atoms with Gasteiger partial charge < -0.3 is 9.84 Å². The largest absolute Gasteiger partial charge is 0.481 e. The molecule has 1 aliphatic carbocycles. The van der Waals surface area contributed by atoms with Crippen molar-refractivity contribution in [1.82, 2.24) is 20.2 Å². The van der Waals surface area contributed by atoms with Crippen LogP contribution in [0.3, 0.4) is 0 Å². The van der Waals surface area contributed by atoms with Crippen LogP contribution in [0.5, 0.6) is 6.01 Å². The number of ether oxygens (including phenoxy) is 1. The highest BCUT2D eigenvalue weighted by Gasteiger charge is 2.20. The maximum Gasteiger partial charge on any atom is 0.356 e. The van der Waals surface area contributed by atoms with Crippen LogP contribution < -0.4 is 4.74 Å². The number of nitrogens with zero attached hydrogens (tertiary/aromatic N) is 4. The topological polar surface area (TPSA) is 107 Å². The lowest BCUT2D eigenvalue weighted by Gasteiger charge is -2.20. The predicted molar refractivity (Wildman–Crippen MR) is 71.7 cm³/mol. The van der Waals surface area contributed by atoms with E-state index in [0.29, 0.717) is 0 Å². The van der Waals surface area contributed by atoms with Gasteiger partial charge in [-0.05, 0) is 30.9 Å². The zero-order chi connectivity index (χ0) is 15.2. The minimum atomic E-state index is -0.997. The monoisotopic (exact) mass is 296 g/mol. The van der Waals surface area contributed by atoms with Crippen LogP contribution in [0.1, 0.15) is 45.4 Å². The van der Waals surface area contributed by atoms with E-state index in [9.17, 15) is 9.59 Å². The average molecular weight is 296 g/mol. The number of carboxylic acid groups (broad SMARTS) is 1. The van der Waals surface area contributed by atoms with Gasteiger partial charge in [0.25, 0.3) is 0 Å². The Hall–Kier alpha value is -1.99. The molecule has 21 heavy (non-hydrogen) atoms. The first-order valence-corrected chi connectivity index (χ1v) is 7.23. The van der Waals surface area contributed by atoms with Crippen molar-refractivity contribution in [3.63, 3.8) is 0 Å². The quantitative estimate of drug-likeness (QED) is 0.801. The van der Waals surface area contributed by atoms with Gasteiger partial charge in [-0.1, -0.05) is 23.5 Å². The summed E-state index contributed by atoms with van der Waals surface area (Å²) in [6, 6.07) is 0.181. The van der Waals surface area contributed by atoms with Crippen LogP contribution in [0.4, 0.5) is 0 Å². The molecule has 2 rings (SSSR count). The average Bonchev–Trinajstić information content (AvgIpc) is 2.86. The second kappa shape index (κ2) is 7.14. The Morgan fingerprint density at radius 1 is 1.38 bits per heavy atom. The van der Waals surface area contributed by atoms with Crippen molar-refractivity contribution >= 4 is 11.8 Å². The first kappa shape index (κ1) is 15.4. The van der Waals surface area contributed by atoms with Gasteiger partial charge in [0.2, 0.25) is 0 Å². The molecule has 0 aromatic carbocycles. The fourth-order valence-electron chi connectivity index (χ4n) is 2.35. The summed E-state index contributed by atoms with van der Waals surface area (Å²) in [5.41, 5.74) is 0. The van der Waals surface area contributed by atoms with Crippen molar-refractivity contribution in [2.24, 2.45) is 5.92 Å². The van der Waals surface area contributed by atoms with Gasteiger partial charge >= 0.3 is 12.0 Å². The van der Waals surface area contributed by atoms with Gasteiger partial charge in [-0.2, -0.15) is 4.80 Å². The van der Waals surface area contributed by atoms with E-state index in [1.165, 1.54) is 6.42 Å². The molecule has 1 fully saturated rings. The number of aliphatic carboxylic acids is 1. The number of Topliss-reactive ketones (excluding diaryl/α,β-unsaturated/α-hetero) is 1. The minimum Gasteiger partial charge on any atom is -0.481 e. The number of rotatable bonds is 7. The summed E-state index contributed by atoms with van der Waals surface area (Å²) >= 11 is 0. The normalized spacial score (nSPS) is 17.4. The molecule has 116 valence electrons. The number of carbonyl (C=O) groups excluding carboxylic acids is 1. The molecular weight excluding hydrogens is 276 g/mol. The van der Waals surface area contributed by atoms with Gasteiger partial charge in [-0.15, -0.1) is 0 Å². The molecule has 0 spiro atoms. The molecule has 1 unspecified atom stereocenters. The van der Waals surface area contributed by atoms with Crippen LogP contribution in [0.25, 0.3) is 0 Å². The standard InChI is InChI=1S/C13H20N4O4/c1-9(7-12(19)20)11(18)8-17-15-13(14-16-17)21-10-5-3-2-4-6-10/h9-10H,2-8H2,1H3,(H,19,20). The second-order valence-corrected chi connectivity index (χ2v) is 5.45. The highest BCUT2D eigenvalue weighted by Crippen LogP contribution is 2.20. The lowest BCUT2D eigenvalue weighted by Crippen LogP contribution is -2.22. The molecular formula is C13H20N4O4. The van der Waals surface area contributed by atoms with Crippen LogP contribution >= 0.6 is 0 Å². The number of carbonyl (C=O) groups is 2. The van der Waals surface area contributed by atoms with Crippen molar-refractivity contribution in [3.8, 4) is 6.01 Å². The summed E-state index contributed by atoms with van der Waals surface area (Å²) in [6.07, 6.45) is 5.42. The van der Waals surface area contributed by atoms with Crippen molar-refractivity contribution in [2.75, 3.05) is 0 Å². The fraction of sp³-hybridized carbons (Fsp3) is 0.769. The highest BCUT2D eigenvalue weighted by molar-refractivity contribution is 5.84. The zero-order valence-electron chi connectivity index (χ0n) is 12.1. The third-order valence-corrected chi connectivity index (χ3v) is 3.59. The third-order valence-electron chi connectivity index (χ3n) is 3.59. The van der Waals surface area contributed by atoms with Crippen molar-refractivity contribution in [3.05, 3.63) is 0 Å². The second-order valence-electron chi connectivity index (χ2n) is 5.45. The lowest BCUT2D eigenvalue weighted by molar-refractivity contribution is -0.140. The van der Waals surface area contributed by atoms with Gasteiger partial charge in [0.05, 0.1) is 6.42 Å². The van der Waals surface area contributed by atoms with E-state index in [1.807, 2.05) is 0 Å². The summed E-state index contributed by atoms with van der Waals surface area (Å²) in [5, 5.41) is 20.2. The van der Waals surface area contributed by atoms with Crippen molar-refractivity contribution < 1.29 is 19.4 Å². The van der Waals surface area contributed by atoms with Gasteiger partial charge in [-0.25, -0.2) is 0 Å². The van der Waals surface area contributed by atoms with E-state index < -0.39 is 11.9 Å². The molecule has 8 nitrogen and oxygen atoms in total. The molecule has 1 N–H and O–H groups in total. The molecule has 1 aromatic heterocycles. The summed E-state index contributed by atoms with van der Waals surface area (Å²) < 4.78 is 5.63. The maximum atomic E-state index is 11.8. The number of carboxylic acids is 1. The third kappa shape index (κ3) is 4.80. The van der Waals surface area contributed by atoms with E-state index in [2.05, 4.69) is 15.4 Å². The Balaban J connectivity index is 1.84. The van der Waals surface area contributed by atoms with Gasteiger partial charge in [0.1, 0.15) is 12.6 Å². The van der Waals surface area contributed by atoms with Gasteiger partial charge in [-0.3, -0.25) is 9.59 Å². The SMILES string of the molecule is CC(CC(=O)O)C(=O)Cn1nnc(OC2CCCCC2)n1. The summed E-state index contributed by atoms with van der Waals surface area (Å²) in [6.45, 7) is 1.49. The molecule has 0 aliphatic heterocycles. The van der Waals surface area contributed by atoms with Crippen LogP contribution in [0.15, 0.2) is 0 Å². The number of hydrogen-bond acceptors (Lipinski definition) is 6. The number of hydrogen-bond donors (Lipinski definition) is 1. The Kier molecular flexibility index (Phi) is 5.24. The van der Waals surface area contributed by atoms with Crippen LogP contribution in [0, 0.1) is 5.92 Å². The highest BCUT2D eigenvalue weighted by atomic mass is 16.5. The molecule has 1 saturated carbocycles. The molecule has 1 atom stereocenters. The smallest absolute Gasteiger partial charge is 0.356 e. The number of ketones is 1. The van der Waals surface area contributed by atoms with E-state index in [0.717, 1.165) is 30.5 Å². The Bertz CT molecular complexity index is 496. The summed E-state index contributed by atoms with van der Waals surface area (Å²) in [4.78, 5) is 23.5. The first-order chi connectivity index (χ1) is 10.0. The molecule has 1 aliphatic rings. The predicted octanol–water partition coefficient (Wildman–Crippen LogP) is 1.06. The van der Waals surface area contributed by atoms with Crippen molar-refractivity contribution in [2.45, 2.75) is 58.1 Å². The molecule has 0 bridgehead atoms. The van der Waals surface area contributed by atoms with Crippen molar-refractivity contribution in [1.29, 1.82) is 0 Å². The molecule has 8 heteroatoms. The van der Waals surface area contributed by atoms with Gasteiger partial charge in [0, 0.05) is 5.92 Å². The van der Waals surface area contributed by atoms with Crippen LogP contribution in [-0.2, 0) is 16.1 Å².